The second-order valence-corrected chi connectivity index (χ2v) is 8.25. The lowest BCUT2D eigenvalue weighted by Crippen LogP contribution is -2.30. The van der Waals surface area contributed by atoms with Gasteiger partial charge in [-0.25, -0.2) is 0 Å². The molecule has 2 aliphatic heterocycles. The number of anilines is 1. The molecule has 6 nitrogen and oxygen atoms in total. The minimum atomic E-state index is 0.0182. The van der Waals surface area contributed by atoms with Crippen molar-refractivity contribution in [3.8, 4) is 11.5 Å². The summed E-state index contributed by atoms with van der Waals surface area (Å²) in [5.74, 6) is 1.79. The van der Waals surface area contributed by atoms with Crippen LogP contribution in [0.1, 0.15) is 54.1 Å². The van der Waals surface area contributed by atoms with Gasteiger partial charge in [0.1, 0.15) is 0 Å². The lowest BCUT2D eigenvalue weighted by Gasteiger charge is -2.26. The van der Waals surface area contributed by atoms with Gasteiger partial charge >= 0.3 is 0 Å². The monoisotopic (exact) mass is 406 g/mol. The van der Waals surface area contributed by atoms with Gasteiger partial charge in [0.15, 0.2) is 11.5 Å². The molecule has 2 aromatic rings. The first-order chi connectivity index (χ1) is 14.7. The van der Waals surface area contributed by atoms with E-state index in [4.69, 9.17) is 9.47 Å². The Morgan fingerprint density at radius 2 is 1.67 bits per heavy atom. The molecular formula is C24H26N2O4. The third-order valence-corrected chi connectivity index (χ3v) is 6.02. The Bertz CT molecular complexity index is 952. The van der Waals surface area contributed by atoms with Gasteiger partial charge in [0.25, 0.3) is 5.91 Å². The molecule has 3 aliphatic rings. The molecule has 2 amide bonds. The zero-order valence-corrected chi connectivity index (χ0v) is 16.9. The molecule has 0 bridgehead atoms. The van der Waals surface area contributed by atoms with E-state index in [9.17, 15) is 9.59 Å². The molecule has 0 spiro atoms. The summed E-state index contributed by atoms with van der Waals surface area (Å²) in [4.78, 5) is 27.1. The number of hydrogen-bond donors (Lipinski definition) is 1. The Morgan fingerprint density at radius 3 is 2.43 bits per heavy atom. The van der Waals surface area contributed by atoms with Crippen LogP contribution in [0.4, 0.5) is 5.69 Å². The molecule has 1 atom stereocenters. The maximum absolute atomic E-state index is 13.2. The zero-order chi connectivity index (χ0) is 20.5. The molecule has 1 unspecified atom stereocenters. The highest BCUT2D eigenvalue weighted by Gasteiger charge is 2.32. The van der Waals surface area contributed by atoms with Crippen LogP contribution in [0.5, 0.6) is 11.5 Å². The highest BCUT2D eigenvalue weighted by Crippen LogP contribution is 2.38. The molecule has 6 heteroatoms. The first kappa shape index (κ1) is 19.0. The Morgan fingerprint density at radius 1 is 0.900 bits per heavy atom. The first-order valence-corrected chi connectivity index (χ1v) is 10.8. The number of hydrogen-bond acceptors (Lipinski definition) is 4. The lowest BCUT2D eigenvalue weighted by atomic mass is 10.0. The molecule has 2 aromatic carbocycles. The van der Waals surface area contributed by atoms with E-state index in [-0.39, 0.29) is 23.8 Å². The van der Waals surface area contributed by atoms with E-state index in [2.05, 4.69) is 5.32 Å². The molecule has 0 aromatic heterocycles. The van der Waals surface area contributed by atoms with Crippen LogP contribution >= 0.6 is 0 Å². The van der Waals surface area contributed by atoms with Crippen molar-refractivity contribution >= 4 is 17.5 Å². The van der Waals surface area contributed by atoms with Gasteiger partial charge < -0.3 is 19.7 Å². The summed E-state index contributed by atoms with van der Waals surface area (Å²) in [6.45, 7) is 2.04. The predicted molar refractivity (Wildman–Crippen MR) is 113 cm³/mol. The fourth-order valence-corrected chi connectivity index (χ4v) is 4.20. The summed E-state index contributed by atoms with van der Waals surface area (Å²) in [7, 11) is 0. The lowest BCUT2D eigenvalue weighted by molar-refractivity contribution is -0.117. The third-order valence-electron chi connectivity index (χ3n) is 6.02. The molecule has 1 saturated carbocycles. The number of fused-ring (bicyclic) bond motifs is 1. The Kier molecular flexibility index (Phi) is 5.07. The molecule has 30 heavy (non-hydrogen) atoms. The van der Waals surface area contributed by atoms with Crippen LogP contribution in [0.3, 0.4) is 0 Å². The number of ether oxygens (including phenoxy) is 2. The maximum atomic E-state index is 13.2. The van der Waals surface area contributed by atoms with Crippen molar-refractivity contribution < 1.29 is 19.1 Å². The largest absolute Gasteiger partial charge is 0.490 e. The van der Waals surface area contributed by atoms with E-state index in [0.29, 0.717) is 18.8 Å². The third kappa shape index (κ3) is 3.86. The number of nitrogens with one attached hydrogen (secondary N) is 1. The number of likely N-dealkylation sites (tertiary alicyclic amines) is 1. The Labute approximate surface area is 176 Å². The fourth-order valence-electron chi connectivity index (χ4n) is 4.20. The van der Waals surface area contributed by atoms with Crippen LogP contribution < -0.4 is 14.8 Å². The van der Waals surface area contributed by atoms with Crippen LogP contribution in [-0.4, -0.2) is 36.5 Å². The van der Waals surface area contributed by atoms with Crippen LogP contribution in [-0.2, 0) is 4.79 Å². The fraction of sp³-hybridized carbons (Fsp3) is 0.417. The summed E-state index contributed by atoms with van der Waals surface area (Å²) < 4.78 is 11.6. The molecule has 5 rings (SSSR count). The summed E-state index contributed by atoms with van der Waals surface area (Å²) in [5.41, 5.74) is 2.46. The van der Waals surface area contributed by atoms with Gasteiger partial charge in [-0.2, -0.15) is 0 Å². The number of carbonyl (C=O) groups is 2. The number of amides is 2. The highest BCUT2D eigenvalue weighted by molar-refractivity contribution is 5.97. The number of benzene rings is 2. The minimum Gasteiger partial charge on any atom is -0.490 e. The van der Waals surface area contributed by atoms with E-state index in [1.807, 2.05) is 35.2 Å². The molecule has 1 aliphatic carbocycles. The molecule has 0 radical (unpaired) electrons. The standard InChI is InChI=1S/C24H26N2O4/c27-23(16-4-5-16)25-19-9-6-17(7-10-19)24(28)26-12-1-3-20(26)18-8-11-21-22(15-18)30-14-2-13-29-21/h6-11,15-16,20H,1-5,12-14H2,(H,25,27). The smallest absolute Gasteiger partial charge is 0.254 e. The van der Waals surface area contributed by atoms with E-state index in [0.717, 1.165) is 61.4 Å². The molecule has 156 valence electrons. The second-order valence-electron chi connectivity index (χ2n) is 8.25. The maximum Gasteiger partial charge on any atom is 0.254 e. The molecule has 2 heterocycles. The van der Waals surface area contributed by atoms with Crippen molar-refractivity contribution in [1.29, 1.82) is 0 Å². The average molecular weight is 406 g/mol. The SMILES string of the molecule is O=C(Nc1ccc(C(=O)N2CCCC2c2ccc3c(c2)OCCCO3)cc1)C1CC1. The van der Waals surface area contributed by atoms with Crippen molar-refractivity contribution in [1.82, 2.24) is 4.90 Å². The van der Waals surface area contributed by atoms with E-state index >= 15 is 0 Å². The van der Waals surface area contributed by atoms with Crippen molar-refractivity contribution in [2.75, 3.05) is 25.1 Å². The number of nitrogens with zero attached hydrogens (tertiary/aromatic N) is 1. The van der Waals surface area contributed by atoms with Crippen LogP contribution in [0, 0.1) is 5.92 Å². The van der Waals surface area contributed by atoms with Gasteiger partial charge in [-0.3, -0.25) is 9.59 Å². The number of rotatable bonds is 4. The topological polar surface area (TPSA) is 67.9 Å². The van der Waals surface area contributed by atoms with Crippen molar-refractivity contribution in [3.63, 3.8) is 0 Å². The molecule has 1 N–H and O–H groups in total. The summed E-state index contributed by atoms with van der Waals surface area (Å²) in [6.07, 6.45) is 4.72. The van der Waals surface area contributed by atoms with Crippen molar-refractivity contribution in [2.24, 2.45) is 5.92 Å². The predicted octanol–water partition coefficient (Wildman–Crippen LogP) is 4.17. The summed E-state index contributed by atoms with van der Waals surface area (Å²) in [6, 6.07) is 13.3. The van der Waals surface area contributed by atoms with Crippen molar-refractivity contribution in [3.05, 3.63) is 53.6 Å². The van der Waals surface area contributed by atoms with Gasteiger partial charge in [0.2, 0.25) is 5.91 Å². The minimum absolute atomic E-state index is 0.0182. The molecule has 2 fully saturated rings. The average Bonchev–Trinajstić information content (AvgIpc) is 3.55. The zero-order valence-electron chi connectivity index (χ0n) is 16.9. The van der Waals surface area contributed by atoms with E-state index in [1.165, 1.54) is 0 Å². The van der Waals surface area contributed by atoms with E-state index < -0.39 is 0 Å². The van der Waals surface area contributed by atoms with Gasteiger partial charge in [-0.05, 0) is 67.6 Å². The molecule has 1 saturated heterocycles. The van der Waals surface area contributed by atoms with Crippen LogP contribution in [0.25, 0.3) is 0 Å². The quantitative estimate of drug-likeness (QED) is 0.827. The normalized spacial score (nSPS) is 20.5. The Balaban J connectivity index is 1.31. The van der Waals surface area contributed by atoms with Gasteiger partial charge in [0.05, 0.1) is 19.3 Å². The second kappa shape index (κ2) is 8.01. The van der Waals surface area contributed by atoms with E-state index in [1.54, 1.807) is 12.1 Å². The first-order valence-electron chi connectivity index (χ1n) is 10.8. The highest BCUT2D eigenvalue weighted by atomic mass is 16.5. The molecular weight excluding hydrogens is 380 g/mol. The van der Waals surface area contributed by atoms with Gasteiger partial charge in [-0.15, -0.1) is 0 Å². The summed E-state index contributed by atoms with van der Waals surface area (Å²) in [5, 5.41) is 2.92. The van der Waals surface area contributed by atoms with Crippen LogP contribution in [0.15, 0.2) is 42.5 Å². The Hall–Kier alpha value is -3.02. The number of carbonyl (C=O) groups excluding carboxylic acids is 2. The summed E-state index contributed by atoms with van der Waals surface area (Å²) >= 11 is 0. The van der Waals surface area contributed by atoms with Crippen molar-refractivity contribution in [2.45, 2.75) is 38.1 Å². The van der Waals surface area contributed by atoms with Gasteiger partial charge in [-0.1, -0.05) is 6.07 Å². The van der Waals surface area contributed by atoms with Gasteiger partial charge in [0, 0.05) is 30.1 Å². The van der Waals surface area contributed by atoms with Crippen LogP contribution in [0.2, 0.25) is 0 Å².